The van der Waals surface area contributed by atoms with Crippen molar-refractivity contribution in [2.45, 2.75) is 6.92 Å². The molecule has 4 N–H and O–H groups in total. The molecule has 1 fully saturated rings. The molecule has 1 aliphatic rings. The van der Waals surface area contributed by atoms with E-state index in [1.807, 2.05) is 37.3 Å². The van der Waals surface area contributed by atoms with Crippen molar-refractivity contribution in [2.24, 2.45) is 0 Å². The first-order chi connectivity index (χ1) is 18.4. The predicted molar refractivity (Wildman–Crippen MR) is 149 cm³/mol. The van der Waals surface area contributed by atoms with Gasteiger partial charge >= 0.3 is 0 Å². The van der Waals surface area contributed by atoms with E-state index >= 15 is 0 Å². The molecule has 0 unspecified atom stereocenters. The highest BCUT2D eigenvalue weighted by Gasteiger charge is 2.22. The van der Waals surface area contributed by atoms with Crippen molar-refractivity contribution in [2.75, 3.05) is 57.0 Å². The first-order valence-electron chi connectivity index (χ1n) is 12.3. The van der Waals surface area contributed by atoms with E-state index in [1.165, 1.54) is 6.33 Å². The minimum Gasteiger partial charge on any atom is -0.492 e. The molecule has 11 nitrogen and oxygen atoms in total. The van der Waals surface area contributed by atoms with Crippen LogP contribution in [-0.2, 0) is 0 Å². The second kappa shape index (κ2) is 11.3. The molecule has 5 rings (SSSR count). The number of piperazine rings is 1. The van der Waals surface area contributed by atoms with E-state index < -0.39 is 11.8 Å². The molecule has 0 aliphatic carbocycles. The number of ether oxygens (including phenoxy) is 1. The Balaban J connectivity index is 1.21. The number of likely N-dealkylation sites (N-methyl/N-ethyl adjacent to an activating group) is 1. The van der Waals surface area contributed by atoms with Crippen molar-refractivity contribution in [3.05, 3.63) is 64.1 Å². The number of H-pyrrole nitrogens is 2. The lowest BCUT2D eigenvalue weighted by atomic mass is 10.2. The molecule has 1 aliphatic heterocycles. The van der Waals surface area contributed by atoms with Crippen molar-refractivity contribution < 1.29 is 14.3 Å². The van der Waals surface area contributed by atoms with Crippen LogP contribution in [-0.4, -0.2) is 87.9 Å². The summed E-state index contributed by atoms with van der Waals surface area (Å²) in [6.07, 6.45) is 1.31. The lowest BCUT2D eigenvalue weighted by Crippen LogP contribution is -2.45. The van der Waals surface area contributed by atoms with Gasteiger partial charge in [0.2, 0.25) is 5.95 Å². The maximum absolute atomic E-state index is 13.0. The number of hydrogen-bond acceptors (Lipinski definition) is 7. The number of carbonyl (C=O) groups is 2. The van der Waals surface area contributed by atoms with Gasteiger partial charge in [-0.05, 0) is 43.8 Å². The Bertz CT molecular complexity index is 1460. The topological polar surface area (TPSA) is 131 Å². The third-order valence-electron chi connectivity index (χ3n) is 6.49. The SMILES string of the molecule is Cc1ccc(Br)cc1NC(=O)c1nc[nH]c1C(=O)Nc1nc2ccc(OCCN3CCN(C)CC3)cc2[nH]1. The quantitative estimate of drug-likeness (QED) is 0.251. The Kier molecular flexibility index (Phi) is 7.72. The molecule has 2 amide bonds. The number of imidazole rings is 2. The van der Waals surface area contributed by atoms with Crippen LogP contribution in [0, 0.1) is 6.92 Å². The van der Waals surface area contributed by atoms with Crippen LogP contribution in [0.4, 0.5) is 11.6 Å². The van der Waals surface area contributed by atoms with Crippen molar-refractivity contribution in [3.8, 4) is 5.75 Å². The number of aromatic nitrogens is 4. The number of aryl methyl sites for hydroxylation is 1. The molecule has 198 valence electrons. The number of rotatable bonds is 8. The van der Waals surface area contributed by atoms with Crippen LogP contribution >= 0.6 is 15.9 Å². The second-order valence-electron chi connectivity index (χ2n) is 9.25. The van der Waals surface area contributed by atoms with Gasteiger partial charge in [-0.1, -0.05) is 22.0 Å². The van der Waals surface area contributed by atoms with E-state index in [9.17, 15) is 9.59 Å². The Morgan fingerprint density at radius 3 is 2.71 bits per heavy atom. The summed E-state index contributed by atoms with van der Waals surface area (Å²) in [7, 11) is 2.14. The van der Waals surface area contributed by atoms with Crippen LogP contribution in [0.3, 0.4) is 0 Å². The van der Waals surface area contributed by atoms with Crippen LogP contribution in [0.1, 0.15) is 26.5 Å². The molecule has 2 aromatic heterocycles. The van der Waals surface area contributed by atoms with Gasteiger partial charge in [-0.3, -0.25) is 19.8 Å². The Morgan fingerprint density at radius 1 is 1.08 bits per heavy atom. The molecule has 38 heavy (non-hydrogen) atoms. The highest BCUT2D eigenvalue weighted by molar-refractivity contribution is 9.10. The smallest absolute Gasteiger partial charge is 0.276 e. The average Bonchev–Trinajstić information content (AvgIpc) is 3.54. The van der Waals surface area contributed by atoms with E-state index in [0.29, 0.717) is 17.8 Å². The predicted octanol–water partition coefficient (Wildman–Crippen LogP) is 3.49. The van der Waals surface area contributed by atoms with Gasteiger partial charge in [0.1, 0.15) is 18.1 Å². The van der Waals surface area contributed by atoms with Gasteiger partial charge in [-0.2, -0.15) is 0 Å². The van der Waals surface area contributed by atoms with Crippen molar-refractivity contribution >= 4 is 50.4 Å². The van der Waals surface area contributed by atoms with Gasteiger partial charge < -0.3 is 24.9 Å². The van der Waals surface area contributed by atoms with Crippen LogP contribution < -0.4 is 15.4 Å². The summed E-state index contributed by atoms with van der Waals surface area (Å²) in [5, 5.41) is 5.51. The zero-order valence-corrected chi connectivity index (χ0v) is 22.8. The Morgan fingerprint density at radius 2 is 1.89 bits per heavy atom. The van der Waals surface area contributed by atoms with Gasteiger partial charge in [-0.15, -0.1) is 0 Å². The molecule has 2 aromatic carbocycles. The van der Waals surface area contributed by atoms with E-state index in [2.05, 4.69) is 63.3 Å². The Labute approximate surface area is 228 Å². The Hall–Kier alpha value is -3.74. The number of nitrogens with one attached hydrogen (secondary N) is 4. The van der Waals surface area contributed by atoms with Crippen LogP contribution in [0.25, 0.3) is 11.0 Å². The molecule has 0 bridgehead atoms. The number of fused-ring (bicyclic) bond motifs is 1. The van der Waals surface area contributed by atoms with Crippen LogP contribution in [0.15, 0.2) is 47.2 Å². The van der Waals surface area contributed by atoms with Crippen molar-refractivity contribution in [3.63, 3.8) is 0 Å². The summed E-state index contributed by atoms with van der Waals surface area (Å²) in [5.74, 6) is -0.0613. The van der Waals surface area contributed by atoms with Crippen molar-refractivity contribution in [1.82, 2.24) is 29.7 Å². The molecular formula is C26H29BrN8O3. The summed E-state index contributed by atoms with van der Waals surface area (Å²) in [6.45, 7) is 7.59. The van der Waals surface area contributed by atoms with Gasteiger partial charge in [0, 0.05) is 49.0 Å². The summed E-state index contributed by atoms with van der Waals surface area (Å²) >= 11 is 3.40. The lowest BCUT2D eigenvalue weighted by molar-refractivity contribution is 0.0985. The summed E-state index contributed by atoms with van der Waals surface area (Å²) in [4.78, 5) is 44.9. The van der Waals surface area contributed by atoms with Gasteiger partial charge in [0.25, 0.3) is 11.8 Å². The zero-order chi connectivity index (χ0) is 26.6. The average molecular weight is 581 g/mol. The summed E-state index contributed by atoms with van der Waals surface area (Å²) in [6, 6.07) is 11.1. The molecule has 3 heterocycles. The fourth-order valence-corrected chi connectivity index (χ4v) is 4.58. The molecule has 0 saturated carbocycles. The molecular weight excluding hydrogens is 552 g/mol. The third-order valence-corrected chi connectivity index (χ3v) is 6.98. The van der Waals surface area contributed by atoms with Gasteiger partial charge in [0.15, 0.2) is 5.69 Å². The van der Waals surface area contributed by atoms with Gasteiger partial charge in [-0.25, -0.2) is 9.97 Å². The zero-order valence-electron chi connectivity index (χ0n) is 21.2. The number of anilines is 2. The molecule has 1 saturated heterocycles. The first kappa shape index (κ1) is 25.9. The normalized spacial score (nSPS) is 14.5. The largest absolute Gasteiger partial charge is 0.492 e. The number of nitrogens with zero attached hydrogens (tertiary/aromatic N) is 4. The number of hydrogen-bond donors (Lipinski definition) is 4. The van der Waals surface area contributed by atoms with E-state index in [0.717, 1.165) is 54.0 Å². The van der Waals surface area contributed by atoms with E-state index in [4.69, 9.17) is 4.74 Å². The number of benzene rings is 2. The van der Waals surface area contributed by atoms with Crippen LogP contribution in [0.5, 0.6) is 5.75 Å². The van der Waals surface area contributed by atoms with E-state index in [-0.39, 0.29) is 17.3 Å². The lowest BCUT2D eigenvalue weighted by Gasteiger charge is -2.32. The molecule has 0 atom stereocenters. The van der Waals surface area contributed by atoms with Crippen LogP contribution in [0.2, 0.25) is 0 Å². The number of aromatic amines is 2. The van der Waals surface area contributed by atoms with Gasteiger partial charge in [0.05, 0.1) is 17.4 Å². The number of amides is 2. The molecule has 4 aromatic rings. The standard InChI is InChI=1S/C26H29BrN8O3/c1-16-3-4-17(27)13-20(16)30-24(36)22-23(29-15-28-22)25(37)33-26-31-19-6-5-18(14-21(19)32-26)38-12-11-35-9-7-34(2)8-10-35/h3-6,13-15H,7-12H2,1-2H3,(H,28,29)(H,30,36)(H2,31,32,33,37). The summed E-state index contributed by atoms with van der Waals surface area (Å²) < 4.78 is 6.77. The summed E-state index contributed by atoms with van der Waals surface area (Å²) in [5.41, 5.74) is 2.92. The van der Waals surface area contributed by atoms with E-state index in [1.54, 1.807) is 6.07 Å². The second-order valence-corrected chi connectivity index (χ2v) is 10.2. The highest BCUT2D eigenvalue weighted by Crippen LogP contribution is 2.23. The molecule has 0 spiro atoms. The highest BCUT2D eigenvalue weighted by atomic mass is 79.9. The minimum absolute atomic E-state index is 0.0194. The maximum atomic E-state index is 13.0. The maximum Gasteiger partial charge on any atom is 0.276 e. The fraction of sp³-hybridized carbons (Fsp3) is 0.308. The fourth-order valence-electron chi connectivity index (χ4n) is 4.22. The first-order valence-corrected chi connectivity index (χ1v) is 13.1. The molecule has 12 heteroatoms. The minimum atomic E-state index is -0.540. The monoisotopic (exact) mass is 580 g/mol. The molecule has 0 radical (unpaired) electrons. The number of halogens is 1. The third kappa shape index (κ3) is 6.04. The van der Waals surface area contributed by atoms with Crippen molar-refractivity contribution in [1.29, 1.82) is 0 Å². The number of carbonyl (C=O) groups excluding carboxylic acids is 2.